The van der Waals surface area contributed by atoms with Gasteiger partial charge in [0.2, 0.25) is 0 Å². The second-order valence-electron chi connectivity index (χ2n) is 4.91. The van der Waals surface area contributed by atoms with Crippen molar-refractivity contribution in [2.45, 2.75) is 51.7 Å². The van der Waals surface area contributed by atoms with Gasteiger partial charge in [0, 0.05) is 31.6 Å². The van der Waals surface area contributed by atoms with Gasteiger partial charge in [0.15, 0.2) is 0 Å². The van der Waals surface area contributed by atoms with E-state index in [4.69, 9.17) is 0 Å². The highest BCUT2D eigenvalue weighted by atomic mass is 19.4. The molecule has 1 rings (SSSR count). The van der Waals surface area contributed by atoms with Gasteiger partial charge in [-0.25, -0.2) is 0 Å². The predicted octanol–water partition coefficient (Wildman–Crippen LogP) is 2.98. The fraction of sp³-hybridized carbons (Fsp3) is 0.769. The fourth-order valence-electron chi connectivity index (χ4n) is 2.07. The second kappa shape index (κ2) is 6.93. The summed E-state index contributed by atoms with van der Waals surface area (Å²) in [5, 5.41) is 7.41. The molecule has 0 fully saturated rings. The van der Waals surface area contributed by atoms with Crippen LogP contribution >= 0.6 is 0 Å². The molecule has 0 saturated carbocycles. The number of hydrogen-bond donors (Lipinski definition) is 1. The maximum atomic E-state index is 12.3. The van der Waals surface area contributed by atoms with E-state index < -0.39 is 12.6 Å². The summed E-state index contributed by atoms with van der Waals surface area (Å²) >= 11 is 0. The van der Waals surface area contributed by atoms with Crippen molar-refractivity contribution in [3.63, 3.8) is 0 Å². The SMILES string of the molecule is CCCNC(CCC(F)(F)F)Cc1cc(C)nn1C. The standard InChI is InChI=1S/C13H22F3N3/c1-4-7-17-11(5-6-13(14,15)16)9-12-8-10(2)18-19(12)3/h8,11,17H,4-7,9H2,1-3H3. The molecule has 0 aliphatic carbocycles. The molecule has 1 N–H and O–H groups in total. The van der Waals surface area contributed by atoms with E-state index in [-0.39, 0.29) is 12.5 Å². The number of aromatic nitrogens is 2. The van der Waals surface area contributed by atoms with E-state index in [0.29, 0.717) is 6.42 Å². The van der Waals surface area contributed by atoms with Crippen LogP contribution in [-0.4, -0.2) is 28.5 Å². The first-order chi connectivity index (χ1) is 8.81. The van der Waals surface area contributed by atoms with E-state index in [0.717, 1.165) is 24.4 Å². The Morgan fingerprint density at radius 1 is 1.42 bits per heavy atom. The molecule has 1 atom stereocenters. The third-order valence-corrected chi connectivity index (χ3v) is 3.01. The molecule has 110 valence electrons. The maximum absolute atomic E-state index is 12.3. The Balaban J connectivity index is 2.60. The van der Waals surface area contributed by atoms with Gasteiger partial charge in [-0.05, 0) is 32.4 Å². The molecule has 6 heteroatoms. The molecule has 1 aromatic heterocycles. The molecule has 0 bridgehead atoms. The number of halogens is 3. The fourth-order valence-corrected chi connectivity index (χ4v) is 2.07. The quantitative estimate of drug-likeness (QED) is 0.830. The van der Waals surface area contributed by atoms with Crippen LogP contribution in [0.5, 0.6) is 0 Å². The smallest absolute Gasteiger partial charge is 0.314 e. The Labute approximate surface area is 112 Å². The first-order valence-electron chi connectivity index (χ1n) is 6.61. The molecule has 19 heavy (non-hydrogen) atoms. The normalized spacial score (nSPS) is 13.8. The van der Waals surface area contributed by atoms with Crippen LogP contribution in [0, 0.1) is 6.92 Å². The highest BCUT2D eigenvalue weighted by Gasteiger charge is 2.28. The molecule has 0 aromatic carbocycles. The van der Waals surface area contributed by atoms with Gasteiger partial charge in [0.1, 0.15) is 0 Å². The van der Waals surface area contributed by atoms with Gasteiger partial charge in [0.25, 0.3) is 0 Å². The van der Waals surface area contributed by atoms with Gasteiger partial charge < -0.3 is 5.32 Å². The zero-order valence-corrected chi connectivity index (χ0v) is 11.7. The van der Waals surface area contributed by atoms with Crippen LogP contribution in [0.25, 0.3) is 0 Å². The van der Waals surface area contributed by atoms with Gasteiger partial charge in [-0.15, -0.1) is 0 Å². The summed E-state index contributed by atoms with van der Waals surface area (Å²) in [7, 11) is 1.82. The Kier molecular flexibility index (Phi) is 5.85. The number of aryl methyl sites for hydroxylation is 2. The van der Waals surface area contributed by atoms with E-state index in [9.17, 15) is 13.2 Å². The van der Waals surface area contributed by atoms with E-state index in [1.54, 1.807) is 4.68 Å². The van der Waals surface area contributed by atoms with Crippen molar-refractivity contribution in [1.29, 1.82) is 0 Å². The van der Waals surface area contributed by atoms with Crippen LogP contribution in [0.4, 0.5) is 13.2 Å². The Hall–Kier alpha value is -1.04. The Morgan fingerprint density at radius 2 is 2.11 bits per heavy atom. The van der Waals surface area contributed by atoms with Gasteiger partial charge in [-0.2, -0.15) is 18.3 Å². The summed E-state index contributed by atoms with van der Waals surface area (Å²) in [5.74, 6) is 0. The monoisotopic (exact) mass is 277 g/mol. The Morgan fingerprint density at radius 3 is 2.58 bits per heavy atom. The molecule has 0 spiro atoms. The van der Waals surface area contributed by atoms with Crippen molar-refractivity contribution in [3.8, 4) is 0 Å². The number of hydrogen-bond acceptors (Lipinski definition) is 2. The van der Waals surface area contributed by atoms with E-state index in [1.807, 2.05) is 27.0 Å². The molecule has 1 unspecified atom stereocenters. The van der Waals surface area contributed by atoms with Crippen molar-refractivity contribution < 1.29 is 13.2 Å². The van der Waals surface area contributed by atoms with Gasteiger partial charge in [-0.1, -0.05) is 6.92 Å². The minimum Gasteiger partial charge on any atom is -0.314 e. The first-order valence-corrected chi connectivity index (χ1v) is 6.61. The third kappa shape index (κ3) is 6.09. The van der Waals surface area contributed by atoms with Crippen LogP contribution in [-0.2, 0) is 13.5 Å². The molecule has 0 amide bonds. The lowest BCUT2D eigenvalue weighted by Crippen LogP contribution is -2.33. The van der Waals surface area contributed by atoms with E-state index in [2.05, 4.69) is 10.4 Å². The topological polar surface area (TPSA) is 29.9 Å². The van der Waals surface area contributed by atoms with Crippen molar-refractivity contribution >= 4 is 0 Å². The summed E-state index contributed by atoms with van der Waals surface area (Å²) < 4.78 is 38.7. The lowest BCUT2D eigenvalue weighted by Gasteiger charge is -2.19. The number of nitrogens with zero attached hydrogens (tertiary/aromatic N) is 2. The van der Waals surface area contributed by atoms with E-state index in [1.165, 1.54) is 0 Å². The summed E-state index contributed by atoms with van der Waals surface area (Å²) in [5.41, 5.74) is 1.86. The summed E-state index contributed by atoms with van der Waals surface area (Å²) in [4.78, 5) is 0. The van der Waals surface area contributed by atoms with Gasteiger partial charge in [0.05, 0.1) is 5.69 Å². The van der Waals surface area contributed by atoms with Gasteiger partial charge in [-0.3, -0.25) is 4.68 Å². The number of rotatable bonds is 7. The predicted molar refractivity (Wildman–Crippen MR) is 69.0 cm³/mol. The van der Waals surface area contributed by atoms with Crippen molar-refractivity contribution in [2.75, 3.05) is 6.54 Å². The lowest BCUT2D eigenvalue weighted by molar-refractivity contribution is -0.136. The number of alkyl halides is 3. The van der Waals surface area contributed by atoms with Crippen LogP contribution in [0.3, 0.4) is 0 Å². The molecular formula is C13H22F3N3. The largest absolute Gasteiger partial charge is 0.389 e. The first kappa shape index (κ1) is 16.0. The van der Waals surface area contributed by atoms with Crippen molar-refractivity contribution in [3.05, 3.63) is 17.5 Å². The molecule has 1 heterocycles. The summed E-state index contributed by atoms with van der Waals surface area (Å²) in [6.07, 6.45) is -3.24. The minimum absolute atomic E-state index is 0.105. The van der Waals surface area contributed by atoms with Crippen LogP contribution < -0.4 is 5.32 Å². The zero-order valence-electron chi connectivity index (χ0n) is 11.7. The molecule has 3 nitrogen and oxygen atoms in total. The average Bonchev–Trinajstić information content (AvgIpc) is 2.60. The van der Waals surface area contributed by atoms with Crippen molar-refractivity contribution in [1.82, 2.24) is 15.1 Å². The number of nitrogens with one attached hydrogen (secondary N) is 1. The van der Waals surface area contributed by atoms with Crippen LogP contribution in [0.1, 0.15) is 37.6 Å². The molecule has 0 aliphatic heterocycles. The third-order valence-electron chi connectivity index (χ3n) is 3.01. The molecule has 1 aromatic rings. The molecule has 0 saturated heterocycles. The maximum Gasteiger partial charge on any atom is 0.389 e. The zero-order chi connectivity index (χ0) is 14.5. The van der Waals surface area contributed by atoms with Gasteiger partial charge >= 0.3 is 6.18 Å². The highest BCUT2D eigenvalue weighted by Crippen LogP contribution is 2.23. The average molecular weight is 277 g/mol. The molecule has 0 aliphatic rings. The molecule has 0 radical (unpaired) electrons. The van der Waals surface area contributed by atoms with Crippen LogP contribution in [0.2, 0.25) is 0 Å². The van der Waals surface area contributed by atoms with Crippen molar-refractivity contribution in [2.24, 2.45) is 7.05 Å². The van der Waals surface area contributed by atoms with E-state index >= 15 is 0 Å². The Bertz CT molecular complexity index is 385. The van der Waals surface area contributed by atoms with Crippen LogP contribution in [0.15, 0.2) is 6.07 Å². The lowest BCUT2D eigenvalue weighted by atomic mass is 10.0. The second-order valence-corrected chi connectivity index (χ2v) is 4.91. The summed E-state index contributed by atoms with van der Waals surface area (Å²) in [6.45, 7) is 4.62. The molecular weight excluding hydrogens is 255 g/mol. The summed E-state index contributed by atoms with van der Waals surface area (Å²) in [6, 6.07) is 1.77. The minimum atomic E-state index is -4.09. The highest BCUT2D eigenvalue weighted by molar-refractivity contribution is 5.10.